The Balaban J connectivity index is 2.15. The molecular weight excluding hydrogens is 308 g/mol. The van der Waals surface area contributed by atoms with Crippen molar-refractivity contribution in [1.29, 1.82) is 0 Å². The second-order valence-electron chi connectivity index (χ2n) is 3.95. The average Bonchev–Trinajstić information content (AvgIpc) is 2.39. The summed E-state index contributed by atoms with van der Waals surface area (Å²) in [5.41, 5.74) is 1.04. The quantitative estimate of drug-likeness (QED) is 0.490. The molecule has 0 saturated carbocycles. The van der Waals surface area contributed by atoms with E-state index in [0.29, 0.717) is 21.3 Å². The first kappa shape index (κ1) is 13.5. The monoisotopic (exact) mass is 318 g/mol. The van der Waals surface area contributed by atoms with Crippen LogP contribution in [0.2, 0.25) is 0 Å². The van der Waals surface area contributed by atoms with Crippen molar-refractivity contribution in [2.24, 2.45) is 0 Å². The van der Waals surface area contributed by atoms with Crippen molar-refractivity contribution in [3.63, 3.8) is 0 Å². The number of ketones is 1. The molecule has 4 heteroatoms. The molecule has 0 fully saturated rings. The number of halogens is 1. The van der Waals surface area contributed by atoms with Crippen molar-refractivity contribution in [3.8, 4) is 5.75 Å². The average molecular weight is 319 g/mol. The molecule has 0 aliphatic heterocycles. The summed E-state index contributed by atoms with van der Waals surface area (Å²) < 4.78 is 5.92. The summed E-state index contributed by atoms with van der Waals surface area (Å²) in [5, 5.41) is 0. The lowest BCUT2D eigenvalue weighted by atomic mass is 10.1. The number of hydrogen-bond acceptors (Lipinski definition) is 3. The fourth-order valence-electron chi connectivity index (χ4n) is 1.55. The maximum atomic E-state index is 11.9. The van der Waals surface area contributed by atoms with E-state index in [4.69, 9.17) is 4.74 Å². The van der Waals surface area contributed by atoms with Gasteiger partial charge in [0.05, 0.1) is 5.56 Å². The van der Waals surface area contributed by atoms with Crippen LogP contribution in [-0.2, 0) is 0 Å². The van der Waals surface area contributed by atoms with Gasteiger partial charge in [0.25, 0.3) is 0 Å². The summed E-state index contributed by atoms with van der Waals surface area (Å²) in [6.07, 6.45) is 0. The normalized spacial score (nSPS) is 10.0. The van der Waals surface area contributed by atoms with E-state index in [1.807, 2.05) is 6.07 Å². The molecule has 2 aromatic rings. The molecule has 0 radical (unpaired) electrons. The molecule has 0 aliphatic carbocycles. The van der Waals surface area contributed by atoms with Gasteiger partial charge in [-0.25, -0.2) is 4.79 Å². The van der Waals surface area contributed by atoms with E-state index in [-0.39, 0.29) is 5.78 Å². The maximum absolute atomic E-state index is 11.9. The zero-order valence-electron chi connectivity index (χ0n) is 10.2. The standard InChI is InChI=1S/C15H11BrO3/c1-10(17)11-6-8-12(9-7-11)19-15(18)13-4-2-3-5-14(13)16/h2-9H,1H3. The second kappa shape index (κ2) is 5.80. The van der Waals surface area contributed by atoms with Crippen LogP contribution in [-0.4, -0.2) is 11.8 Å². The van der Waals surface area contributed by atoms with E-state index < -0.39 is 5.97 Å². The Kier molecular flexibility index (Phi) is 4.12. The Morgan fingerprint density at radius 2 is 1.63 bits per heavy atom. The molecule has 0 heterocycles. The van der Waals surface area contributed by atoms with Gasteiger partial charge in [0.1, 0.15) is 5.75 Å². The molecular formula is C15H11BrO3. The molecule has 0 aliphatic rings. The van der Waals surface area contributed by atoms with Crippen LogP contribution in [0, 0.1) is 0 Å². The molecule has 96 valence electrons. The van der Waals surface area contributed by atoms with Crippen LogP contribution >= 0.6 is 15.9 Å². The van der Waals surface area contributed by atoms with Gasteiger partial charge in [-0.15, -0.1) is 0 Å². The Hall–Kier alpha value is -1.94. The fourth-order valence-corrected chi connectivity index (χ4v) is 1.99. The molecule has 0 amide bonds. The third-order valence-corrected chi connectivity index (χ3v) is 3.26. The van der Waals surface area contributed by atoms with Crippen molar-refractivity contribution in [2.75, 3.05) is 0 Å². The van der Waals surface area contributed by atoms with Crippen molar-refractivity contribution >= 4 is 27.7 Å². The van der Waals surface area contributed by atoms with Crippen LogP contribution in [0.25, 0.3) is 0 Å². The number of hydrogen-bond donors (Lipinski definition) is 0. The van der Waals surface area contributed by atoms with E-state index in [9.17, 15) is 9.59 Å². The summed E-state index contributed by atoms with van der Waals surface area (Å²) >= 11 is 3.30. The van der Waals surface area contributed by atoms with Gasteiger partial charge >= 0.3 is 5.97 Å². The molecule has 0 aromatic heterocycles. The van der Waals surface area contributed by atoms with Crippen LogP contribution in [0.4, 0.5) is 0 Å². The molecule has 19 heavy (non-hydrogen) atoms. The van der Waals surface area contributed by atoms with E-state index in [2.05, 4.69) is 15.9 Å². The van der Waals surface area contributed by atoms with E-state index >= 15 is 0 Å². The van der Waals surface area contributed by atoms with E-state index in [1.165, 1.54) is 6.92 Å². The molecule has 0 saturated heterocycles. The maximum Gasteiger partial charge on any atom is 0.344 e. The first-order valence-corrected chi connectivity index (χ1v) is 6.45. The number of carbonyl (C=O) groups is 2. The lowest BCUT2D eigenvalue weighted by Crippen LogP contribution is -2.09. The summed E-state index contributed by atoms with van der Waals surface area (Å²) in [6.45, 7) is 1.49. The van der Waals surface area contributed by atoms with Crippen molar-refractivity contribution in [1.82, 2.24) is 0 Å². The number of rotatable bonds is 3. The van der Waals surface area contributed by atoms with Gasteiger partial charge in [-0.05, 0) is 59.3 Å². The summed E-state index contributed by atoms with van der Waals surface area (Å²) in [6, 6.07) is 13.5. The van der Waals surface area contributed by atoms with Crippen molar-refractivity contribution < 1.29 is 14.3 Å². The van der Waals surface area contributed by atoms with Gasteiger partial charge in [-0.2, -0.15) is 0 Å². The summed E-state index contributed by atoms with van der Waals surface area (Å²) in [4.78, 5) is 23.1. The molecule has 0 N–H and O–H groups in total. The SMILES string of the molecule is CC(=O)c1ccc(OC(=O)c2ccccc2Br)cc1. The second-order valence-corrected chi connectivity index (χ2v) is 4.80. The predicted octanol–water partition coefficient (Wildman–Crippen LogP) is 3.87. The number of carbonyl (C=O) groups excluding carboxylic acids is 2. The lowest BCUT2D eigenvalue weighted by molar-refractivity contribution is 0.0733. The topological polar surface area (TPSA) is 43.4 Å². The predicted molar refractivity (Wildman–Crippen MR) is 75.5 cm³/mol. The zero-order valence-corrected chi connectivity index (χ0v) is 11.8. The Morgan fingerprint density at radius 3 is 2.21 bits per heavy atom. The zero-order chi connectivity index (χ0) is 13.8. The van der Waals surface area contributed by atoms with Gasteiger partial charge < -0.3 is 4.74 Å². The molecule has 0 atom stereocenters. The van der Waals surface area contributed by atoms with Gasteiger partial charge in [0.2, 0.25) is 0 Å². The van der Waals surface area contributed by atoms with Crippen LogP contribution in [0.15, 0.2) is 53.0 Å². The molecule has 0 spiro atoms. The largest absolute Gasteiger partial charge is 0.423 e. The van der Waals surface area contributed by atoms with Crippen LogP contribution < -0.4 is 4.74 Å². The van der Waals surface area contributed by atoms with Gasteiger partial charge in [0, 0.05) is 10.0 Å². The minimum absolute atomic E-state index is 0.0244. The smallest absolute Gasteiger partial charge is 0.344 e. The third kappa shape index (κ3) is 3.29. The number of esters is 1. The molecule has 0 bridgehead atoms. The van der Waals surface area contributed by atoms with Gasteiger partial charge in [-0.3, -0.25) is 4.79 Å². The molecule has 0 unspecified atom stereocenters. The minimum Gasteiger partial charge on any atom is -0.423 e. The molecule has 2 rings (SSSR count). The first-order valence-electron chi connectivity index (χ1n) is 5.65. The number of benzene rings is 2. The van der Waals surface area contributed by atoms with E-state index in [1.54, 1.807) is 42.5 Å². The highest BCUT2D eigenvalue weighted by molar-refractivity contribution is 9.10. The Bertz CT molecular complexity index is 618. The molecule has 2 aromatic carbocycles. The highest BCUT2D eigenvalue weighted by Gasteiger charge is 2.11. The highest BCUT2D eigenvalue weighted by Crippen LogP contribution is 2.19. The lowest BCUT2D eigenvalue weighted by Gasteiger charge is -2.06. The third-order valence-electron chi connectivity index (χ3n) is 2.57. The summed E-state index contributed by atoms with van der Waals surface area (Å²) in [7, 11) is 0. The van der Waals surface area contributed by atoms with Crippen LogP contribution in [0.5, 0.6) is 5.75 Å². The van der Waals surface area contributed by atoms with Crippen molar-refractivity contribution in [2.45, 2.75) is 6.92 Å². The summed E-state index contributed by atoms with van der Waals surface area (Å²) in [5.74, 6) is -0.0579. The first-order chi connectivity index (χ1) is 9.08. The minimum atomic E-state index is -0.442. The van der Waals surface area contributed by atoms with Gasteiger partial charge in [0.15, 0.2) is 5.78 Å². The highest BCUT2D eigenvalue weighted by atomic mass is 79.9. The van der Waals surface area contributed by atoms with Crippen LogP contribution in [0.1, 0.15) is 27.6 Å². The number of Topliss-reactive ketones (excluding diaryl/α,β-unsaturated/α-hetero) is 1. The molecule has 3 nitrogen and oxygen atoms in total. The van der Waals surface area contributed by atoms with E-state index in [0.717, 1.165) is 0 Å². The number of ether oxygens (including phenoxy) is 1. The Labute approximate surface area is 119 Å². The Morgan fingerprint density at radius 1 is 1.00 bits per heavy atom. The van der Waals surface area contributed by atoms with Crippen molar-refractivity contribution in [3.05, 3.63) is 64.1 Å². The van der Waals surface area contributed by atoms with Gasteiger partial charge in [-0.1, -0.05) is 12.1 Å². The van der Waals surface area contributed by atoms with Crippen LogP contribution in [0.3, 0.4) is 0 Å². The fraction of sp³-hybridized carbons (Fsp3) is 0.0667.